The van der Waals surface area contributed by atoms with Crippen LogP contribution in [0, 0.1) is 0 Å². The van der Waals surface area contributed by atoms with Gasteiger partial charge in [0.1, 0.15) is 0 Å². The van der Waals surface area contributed by atoms with Gasteiger partial charge in [-0.25, -0.2) is 0 Å². The third-order valence-electron chi connectivity index (χ3n) is 4.63. The van der Waals surface area contributed by atoms with Gasteiger partial charge in [-0.3, -0.25) is 14.4 Å². The summed E-state index contributed by atoms with van der Waals surface area (Å²) in [6.07, 6.45) is -1.08. The summed E-state index contributed by atoms with van der Waals surface area (Å²) in [5.41, 5.74) is 1.88. The molecule has 0 fully saturated rings. The average molecular weight is 416 g/mol. The second-order valence-electron chi connectivity index (χ2n) is 6.99. The number of hydrogen-bond acceptors (Lipinski definition) is 4. The van der Waals surface area contributed by atoms with Crippen molar-refractivity contribution in [2.75, 3.05) is 5.32 Å². The zero-order chi connectivity index (χ0) is 22.1. The summed E-state index contributed by atoms with van der Waals surface area (Å²) >= 11 is 0. The van der Waals surface area contributed by atoms with Crippen molar-refractivity contribution in [2.45, 2.75) is 25.5 Å². The van der Waals surface area contributed by atoms with Gasteiger partial charge in [-0.05, 0) is 36.8 Å². The summed E-state index contributed by atoms with van der Waals surface area (Å²) < 4.78 is 5.32. The van der Waals surface area contributed by atoms with Crippen molar-refractivity contribution >= 4 is 23.5 Å². The lowest BCUT2D eigenvalue weighted by Crippen LogP contribution is -2.33. The number of amides is 2. The molecule has 3 aromatic rings. The minimum absolute atomic E-state index is 0.106. The molecule has 0 unspecified atom stereocenters. The molecule has 6 nitrogen and oxygen atoms in total. The lowest BCUT2D eigenvalue weighted by Gasteiger charge is -2.20. The van der Waals surface area contributed by atoms with Gasteiger partial charge in [-0.2, -0.15) is 0 Å². The maximum Gasteiger partial charge on any atom is 0.309 e. The Hall–Kier alpha value is -3.93. The van der Waals surface area contributed by atoms with Crippen LogP contribution in [0.25, 0.3) is 0 Å². The third-order valence-corrected chi connectivity index (χ3v) is 4.63. The fraction of sp³-hybridized carbons (Fsp3) is 0.160. The molecule has 2 N–H and O–H groups in total. The number of esters is 1. The molecule has 158 valence electrons. The van der Waals surface area contributed by atoms with E-state index in [2.05, 4.69) is 10.6 Å². The molecule has 0 spiro atoms. The van der Waals surface area contributed by atoms with Gasteiger partial charge in [-0.15, -0.1) is 0 Å². The van der Waals surface area contributed by atoms with Gasteiger partial charge in [0.2, 0.25) is 0 Å². The fourth-order valence-corrected chi connectivity index (χ4v) is 3.00. The molecule has 31 heavy (non-hydrogen) atoms. The van der Waals surface area contributed by atoms with Gasteiger partial charge in [0.25, 0.3) is 11.8 Å². The highest BCUT2D eigenvalue weighted by Gasteiger charge is 2.23. The Morgan fingerprint density at radius 3 is 1.97 bits per heavy atom. The number of ether oxygens (including phenoxy) is 1. The van der Waals surface area contributed by atoms with Crippen LogP contribution in [0.4, 0.5) is 5.69 Å². The van der Waals surface area contributed by atoms with Crippen molar-refractivity contribution in [1.82, 2.24) is 5.32 Å². The highest BCUT2D eigenvalue weighted by atomic mass is 16.5. The zero-order valence-corrected chi connectivity index (χ0v) is 17.2. The van der Waals surface area contributed by atoms with Crippen LogP contribution < -0.4 is 10.6 Å². The van der Waals surface area contributed by atoms with Crippen LogP contribution >= 0.6 is 0 Å². The number of rotatable bonds is 8. The monoisotopic (exact) mass is 416 g/mol. The standard InChI is InChI=1S/C25H24N2O4/c1-18(24(29)26-21-15-9-4-10-16-21)31-23(28)17-22(19-11-5-2-6-12-19)27-25(30)20-13-7-3-8-14-20/h2-16,18,22H,17H2,1H3,(H,26,29)(H,27,30)/t18-,22+/m1/s1. The van der Waals surface area contributed by atoms with E-state index in [9.17, 15) is 14.4 Å². The fourth-order valence-electron chi connectivity index (χ4n) is 3.00. The summed E-state index contributed by atoms with van der Waals surface area (Å²) in [7, 11) is 0. The predicted octanol–water partition coefficient (Wildman–Crippen LogP) is 4.12. The molecule has 3 rings (SSSR count). The first-order valence-corrected chi connectivity index (χ1v) is 9.99. The van der Waals surface area contributed by atoms with Crippen LogP contribution in [-0.2, 0) is 14.3 Å². The summed E-state index contributed by atoms with van der Waals surface area (Å²) in [6.45, 7) is 1.51. The zero-order valence-electron chi connectivity index (χ0n) is 17.2. The first-order valence-electron chi connectivity index (χ1n) is 9.99. The summed E-state index contributed by atoms with van der Waals surface area (Å²) in [6, 6.07) is 26.3. The van der Waals surface area contributed by atoms with Crippen molar-refractivity contribution in [2.24, 2.45) is 0 Å². The number of anilines is 1. The van der Waals surface area contributed by atoms with Crippen LogP contribution in [-0.4, -0.2) is 23.9 Å². The van der Waals surface area contributed by atoms with Gasteiger partial charge >= 0.3 is 5.97 Å². The van der Waals surface area contributed by atoms with Crippen molar-refractivity contribution in [3.05, 3.63) is 102 Å². The Bertz CT molecular complexity index is 1010. The van der Waals surface area contributed by atoms with Crippen molar-refractivity contribution < 1.29 is 19.1 Å². The molecule has 0 heterocycles. The number of carbonyl (C=O) groups is 3. The second-order valence-corrected chi connectivity index (χ2v) is 6.99. The molecule has 0 aliphatic heterocycles. The quantitative estimate of drug-likeness (QED) is 0.541. The Morgan fingerprint density at radius 1 is 0.806 bits per heavy atom. The Labute approximate surface area is 181 Å². The highest BCUT2D eigenvalue weighted by Crippen LogP contribution is 2.19. The number of para-hydroxylation sites is 1. The van der Waals surface area contributed by atoms with E-state index in [1.54, 1.807) is 48.5 Å². The minimum Gasteiger partial charge on any atom is -0.452 e. The molecule has 0 saturated carbocycles. The lowest BCUT2D eigenvalue weighted by molar-refractivity contribution is -0.153. The van der Waals surface area contributed by atoms with E-state index in [4.69, 9.17) is 4.74 Å². The Balaban J connectivity index is 1.64. The van der Waals surface area contributed by atoms with Crippen LogP contribution in [0.2, 0.25) is 0 Å². The molecule has 6 heteroatoms. The van der Waals surface area contributed by atoms with Crippen LogP contribution in [0.1, 0.15) is 35.3 Å². The maximum absolute atomic E-state index is 12.6. The molecule has 0 saturated heterocycles. The van der Waals surface area contributed by atoms with Gasteiger partial charge in [0.15, 0.2) is 6.10 Å². The number of carbonyl (C=O) groups excluding carboxylic acids is 3. The average Bonchev–Trinajstić information content (AvgIpc) is 2.80. The van der Waals surface area contributed by atoms with E-state index in [-0.39, 0.29) is 12.3 Å². The minimum atomic E-state index is -0.978. The van der Waals surface area contributed by atoms with E-state index in [1.807, 2.05) is 42.5 Å². The van der Waals surface area contributed by atoms with E-state index >= 15 is 0 Å². The summed E-state index contributed by atoms with van der Waals surface area (Å²) in [5.74, 6) is -1.31. The van der Waals surface area contributed by atoms with Gasteiger partial charge in [-0.1, -0.05) is 66.7 Å². The van der Waals surface area contributed by atoms with E-state index in [0.29, 0.717) is 11.3 Å². The van der Waals surface area contributed by atoms with Crippen LogP contribution in [0.5, 0.6) is 0 Å². The topological polar surface area (TPSA) is 84.5 Å². The smallest absolute Gasteiger partial charge is 0.309 e. The lowest BCUT2D eigenvalue weighted by atomic mass is 10.0. The van der Waals surface area contributed by atoms with E-state index in [1.165, 1.54) is 6.92 Å². The Kier molecular flexibility index (Phi) is 7.54. The van der Waals surface area contributed by atoms with Crippen LogP contribution in [0.15, 0.2) is 91.0 Å². The van der Waals surface area contributed by atoms with Gasteiger partial charge < -0.3 is 15.4 Å². The largest absolute Gasteiger partial charge is 0.452 e. The molecule has 0 aliphatic rings. The molecule has 0 aliphatic carbocycles. The van der Waals surface area contributed by atoms with E-state index < -0.39 is 24.0 Å². The SMILES string of the molecule is C[C@@H](OC(=O)C[C@H](NC(=O)c1ccccc1)c1ccccc1)C(=O)Nc1ccccc1. The third kappa shape index (κ3) is 6.54. The molecule has 3 aromatic carbocycles. The first-order chi connectivity index (χ1) is 15.0. The predicted molar refractivity (Wildman–Crippen MR) is 118 cm³/mol. The molecular formula is C25H24N2O4. The number of nitrogens with one attached hydrogen (secondary N) is 2. The normalized spacial score (nSPS) is 12.3. The Morgan fingerprint density at radius 2 is 1.35 bits per heavy atom. The van der Waals surface area contributed by atoms with E-state index in [0.717, 1.165) is 5.56 Å². The van der Waals surface area contributed by atoms with Crippen molar-refractivity contribution in [3.8, 4) is 0 Å². The molecule has 0 radical (unpaired) electrons. The second kappa shape index (κ2) is 10.7. The van der Waals surface area contributed by atoms with Gasteiger partial charge in [0, 0.05) is 11.3 Å². The molecular weight excluding hydrogens is 392 g/mol. The van der Waals surface area contributed by atoms with Crippen molar-refractivity contribution in [3.63, 3.8) is 0 Å². The summed E-state index contributed by atoms with van der Waals surface area (Å²) in [5, 5.41) is 5.58. The molecule has 0 bridgehead atoms. The first kappa shape index (κ1) is 21.8. The number of hydrogen-bond donors (Lipinski definition) is 2. The summed E-state index contributed by atoms with van der Waals surface area (Å²) in [4.78, 5) is 37.5. The van der Waals surface area contributed by atoms with Crippen LogP contribution in [0.3, 0.4) is 0 Å². The molecule has 0 aromatic heterocycles. The molecule has 2 atom stereocenters. The van der Waals surface area contributed by atoms with Gasteiger partial charge in [0.05, 0.1) is 12.5 Å². The highest BCUT2D eigenvalue weighted by molar-refractivity contribution is 5.96. The molecule has 2 amide bonds. The van der Waals surface area contributed by atoms with Crippen molar-refractivity contribution in [1.29, 1.82) is 0 Å². The number of benzene rings is 3. The maximum atomic E-state index is 12.6.